The summed E-state index contributed by atoms with van der Waals surface area (Å²) in [5, 5.41) is 7.56. The Bertz CT molecular complexity index is 481. The molecule has 0 aromatic carbocycles. The van der Waals surface area contributed by atoms with Gasteiger partial charge in [0, 0.05) is 23.6 Å². The molecule has 0 spiro atoms. The van der Waals surface area contributed by atoms with E-state index in [2.05, 4.69) is 33.6 Å². The molecule has 1 unspecified atom stereocenters. The van der Waals surface area contributed by atoms with Crippen molar-refractivity contribution in [1.29, 1.82) is 0 Å². The fraction of sp³-hybridized carbons (Fsp3) is 0.500. The fourth-order valence-electron chi connectivity index (χ4n) is 1.58. The molecule has 2 aromatic heterocycles. The highest BCUT2D eigenvalue weighted by Crippen LogP contribution is 2.12. The van der Waals surface area contributed by atoms with Crippen LogP contribution in [0, 0.1) is 6.92 Å². The van der Waals surface area contributed by atoms with Gasteiger partial charge in [-0.2, -0.15) is 26.4 Å². The summed E-state index contributed by atoms with van der Waals surface area (Å²) in [4.78, 5) is 8.38. The number of fused-ring (bicyclic) bond motifs is 1. The zero-order valence-electron chi connectivity index (χ0n) is 9.64. The van der Waals surface area contributed by atoms with Gasteiger partial charge in [0.2, 0.25) is 0 Å². The zero-order valence-corrected chi connectivity index (χ0v) is 10.5. The standard InChI is InChI=1S/C10H15N5S/c1-7-4-9(13-8(2)5-16-3)15-10(14-7)11-6-12-15/h4,6,8,13H,5H2,1-3H3. The van der Waals surface area contributed by atoms with Crippen molar-refractivity contribution in [3.8, 4) is 0 Å². The average molecular weight is 237 g/mol. The normalized spacial score (nSPS) is 12.9. The van der Waals surface area contributed by atoms with E-state index in [1.807, 2.05) is 24.8 Å². The Morgan fingerprint density at radius 3 is 3.12 bits per heavy atom. The first-order chi connectivity index (χ1) is 7.70. The molecule has 0 aliphatic rings. The van der Waals surface area contributed by atoms with Gasteiger partial charge >= 0.3 is 0 Å². The van der Waals surface area contributed by atoms with Crippen LogP contribution < -0.4 is 5.32 Å². The van der Waals surface area contributed by atoms with E-state index in [4.69, 9.17) is 0 Å². The molecule has 2 rings (SSSR count). The summed E-state index contributed by atoms with van der Waals surface area (Å²) in [5.74, 6) is 2.64. The average Bonchev–Trinajstić information content (AvgIpc) is 2.65. The maximum absolute atomic E-state index is 4.29. The van der Waals surface area contributed by atoms with Crippen LogP contribution >= 0.6 is 11.8 Å². The van der Waals surface area contributed by atoms with Crippen LogP contribution in [0.1, 0.15) is 12.6 Å². The van der Waals surface area contributed by atoms with Gasteiger partial charge in [-0.3, -0.25) is 0 Å². The molecule has 6 heteroatoms. The molecule has 5 nitrogen and oxygen atoms in total. The molecule has 0 radical (unpaired) electrons. The second-order valence-electron chi connectivity index (χ2n) is 3.76. The van der Waals surface area contributed by atoms with Gasteiger partial charge in [-0.15, -0.1) is 0 Å². The van der Waals surface area contributed by atoms with Crippen LogP contribution in [0.4, 0.5) is 5.82 Å². The summed E-state index contributed by atoms with van der Waals surface area (Å²) in [6, 6.07) is 2.38. The van der Waals surface area contributed by atoms with Gasteiger partial charge in [0.15, 0.2) is 0 Å². The summed E-state index contributed by atoms with van der Waals surface area (Å²) < 4.78 is 1.73. The summed E-state index contributed by atoms with van der Waals surface area (Å²) in [6.45, 7) is 4.11. The van der Waals surface area contributed by atoms with E-state index in [0.717, 1.165) is 17.3 Å². The molecule has 0 amide bonds. The number of anilines is 1. The quantitative estimate of drug-likeness (QED) is 0.875. The second-order valence-corrected chi connectivity index (χ2v) is 4.67. The predicted octanol–water partition coefficient (Wildman–Crippen LogP) is 1.60. The lowest BCUT2D eigenvalue weighted by molar-refractivity contribution is 0.856. The first-order valence-corrected chi connectivity index (χ1v) is 6.53. The van der Waals surface area contributed by atoms with Crippen LogP contribution in [-0.4, -0.2) is 37.6 Å². The van der Waals surface area contributed by atoms with E-state index < -0.39 is 0 Å². The SMILES string of the molecule is CSCC(C)Nc1cc(C)nc2ncnn12. The number of aromatic nitrogens is 4. The first-order valence-electron chi connectivity index (χ1n) is 5.13. The molecular formula is C10H15N5S. The Labute approximate surface area is 98.7 Å². The maximum atomic E-state index is 4.29. The van der Waals surface area contributed by atoms with Crippen LogP contribution in [0.25, 0.3) is 5.78 Å². The van der Waals surface area contributed by atoms with E-state index >= 15 is 0 Å². The monoisotopic (exact) mass is 237 g/mol. The molecule has 0 saturated heterocycles. The minimum Gasteiger partial charge on any atom is -0.367 e. The van der Waals surface area contributed by atoms with Crippen molar-refractivity contribution in [2.24, 2.45) is 0 Å². The van der Waals surface area contributed by atoms with Gasteiger partial charge in [-0.1, -0.05) is 0 Å². The molecule has 0 aliphatic carbocycles. The number of thioether (sulfide) groups is 1. The highest BCUT2D eigenvalue weighted by Gasteiger charge is 2.07. The third-order valence-corrected chi connectivity index (χ3v) is 3.02. The highest BCUT2D eigenvalue weighted by atomic mass is 32.2. The van der Waals surface area contributed by atoms with E-state index in [9.17, 15) is 0 Å². The number of nitrogens with one attached hydrogen (secondary N) is 1. The highest BCUT2D eigenvalue weighted by molar-refractivity contribution is 7.98. The van der Waals surface area contributed by atoms with Crippen molar-refractivity contribution in [2.75, 3.05) is 17.3 Å². The Balaban J connectivity index is 2.31. The summed E-state index contributed by atoms with van der Waals surface area (Å²) in [6.07, 6.45) is 3.62. The second kappa shape index (κ2) is 4.69. The van der Waals surface area contributed by atoms with Crippen LogP contribution in [-0.2, 0) is 0 Å². The minimum absolute atomic E-state index is 0.393. The molecule has 2 heterocycles. The van der Waals surface area contributed by atoms with Gasteiger partial charge < -0.3 is 5.32 Å². The largest absolute Gasteiger partial charge is 0.367 e. The van der Waals surface area contributed by atoms with E-state index in [0.29, 0.717) is 11.8 Å². The molecule has 1 N–H and O–H groups in total. The maximum Gasteiger partial charge on any atom is 0.254 e. The third kappa shape index (κ3) is 2.27. The van der Waals surface area contributed by atoms with E-state index in [-0.39, 0.29) is 0 Å². The molecule has 0 aliphatic heterocycles. The fourth-order valence-corrected chi connectivity index (χ4v) is 2.16. The van der Waals surface area contributed by atoms with Crippen LogP contribution in [0.3, 0.4) is 0 Å². The van der Waals surface area contributed by atoms with E-state index in [1.54, 1.807) is 4.52 Å². The number of aryl methyl sites for hydroxylation is 1. The Hall–Kier alpha value is -1.30. The molecular weight excluding hydrogens is 222 g/mol. The van der Waals surface area contributed by atoms with E-state index in [1.165, 1.54) is 6.33 Å². The molecule has 16 heavy (non-hydrogen) atoms. The van der Waals surface area contributed by atoms with Crippen molar-refractivity contribution in [1.82, 2.24) is 19.6 Å². The Morgan fingerprint density at radius 2 is 2.38 bits per heavy atom. The summed E-state index contributed by atoms with van der Waals surface area (Å²) in [5.41, 5.74) is 0.944. The molecule has 0 bridgehead atoms. The Kier molecular flexibility index (Phi) is 3.28. The zero-order chi connectivity index (χ0) is 11.5. The van der Waals surface area contributed by atoms with Crippen molar-refractivity contribution >= 4 is 23.4 Å². The molecule has 0 saturated carbocycles. The molecule has 2 aromatic rings. The summed E-state index contributed by atoms with van der Waals surface area (Å²) in [7, 11) is 0. The predicted molar refractivity (Wildman–Crippen MR) is 67.0 cm³/mol. The lowest BCUT2D eigenvalue weighted by Gasteiger charge is -2.14. The number of rotatable bonds is 4. The van der Waals surface area contributed by atoms with Crippen molar-refractivity contribution in [3.05, 3.63) is 18.1 Å². The number of hydrogen-bond acceptors (Lipinski definition) is 5. The van der Waals surface area contributed by atoms with Gasteiger partial charge in [0.25, 0.3) is 5.78 Å². The van der Waals surface area contributed by atoms with Gasteiger partial charge in [-0.25, -0.2) is 4.98 Å². The lowest BCUT2D eigenvalue weighted by atomic mass is 10.3. The topological polar surface area (TPSA) is 55.1 Å². The van der Waals surface area contributed by atoms with Crippen molar-refractivity contribution in [2.45, 2.75) is 19.9 Å². The van der Waals surface area contributed by atoms with Crippen molar-refractivity contribution < 1.29 is 0 Å². The van der Waals surface area contributed by atoms with Crippen molar-refractivity contribution in [3.63, 3.8) is 0 Å². The van der Waals surface area contributed by atoms with Gasteiger partial charge in [0.1, 0.15) is 12.1 Å². The minimum atomic E-state index is 0.393. The molecule has 86 valence electrons. The molecule has 1 atom stereocenters. The third-order valence-electron chi connectivity index (χ3n) is 2.19. The van der Waals surface area contributed by atoms with Crippen LogP contribution in [0.15, 0.2) is 12.4 Å². The number of hydrogen-bond donors (Lipinski definition) is 1. The summed E-state index contributed by atoms with van der Waals surface area (Å²) >= 11 is 1.82. The smallest absolute Gasteiger partial charge is 0.254 e. The van der Waals surface area contributed by atoms with Gasteiger partial charge in [0.05, 0.1) is 0 Å². The van der Waals surface area contributed by atoms with Crippen LogP contribution in [0.5, 0.6) is 0 Å². The Morgan fingerprint density at radius 1 is 1.56 bits per heavy atom. The van der Waals surface area contributed by atoms with Crippen LogP contribution in [0.2, 0.25) is 0 Å². The van der Waals surface area contributed by atoms with Gasteiger partial charge in [-0.05, 0) is 20.1 Å². The lowest BCUT2D eigenvalue weighted by Crippen LogP contribution is -2.20. The molecule has 0 fully saturated rings. The first kappa shape index (κ1) is 11.2. The number of nitrogens with zero attached hydrogens (tertiary/aromatic N) is 4.